The number of carbonyl (C=O) groups excluding carboxylic acids is 2. The number of esters is 2. The van der Waals surface area contributed by atoms with Crippen molar-refractivity contribution in [2.24, 2.45) is 0 Å². The Kier molecular flexibility index (Phi) is 80.9. The second-order valence-electron chi connectivity index (χ2n) is 1.68. The van der Waals surface area contributed by atoms with Crippen LogP contribution in [0.25, 0.3) is 0 Å². The maximum atomic E-state index is 10.1. The van der Waals surface area contributed by atoms with Crippen LogP contribution < -0.4 is 12.3 Å². The van der Waals surface area contributed by atoms with Crippen LogP contribution in [-0.4, -0.2) is 25.2 Å². The first kappa shape index (κ1) is 43.6. The molecule has 0 saturated carbocycles. The molecule has 10 heteroatoms. The molecule has 16 heavy (non-hydrogen) atoms. The molecule has 0 aromatic rings. The average molecular weight is 434 g/mol. The minimum Gasteiger partial charge on any atom is -0.462 e. The van der Waals surface area contributed by atoms with Crippen LogP contribution >= 0.6 is 0 Å². The van der Waals surface area contributed by atoms with Crippen LogP contribution in [0.4, 0.5) is 0 Å². The predicted molar refractivity (Wildman–Crippen MR) is 43.3 cm³/mol. The summed E-state index contributed by atoms with van der Waals surface area (Å²) >= 11 is 0. The first-order valence-corrected chi connectivity index (χ1v) is 2.89. The van der Waals surface area contributed by atoms with Gasteiger partial charge in [-0.1, -0.05) is 0 Å². The van der Waals surface area contributed by atoms with Crippen LogP contribution in [0.5, 0.6) is 0 Å². The second-order valence-corrected chi connectivity index (χ2v) is 1.68. The molecule has 0 heterocycles. The molecule has 0 fully saturated rings. The van der Waals surface area contributed by atoms with Crippen LogP contribution in [0.2, 0.25) is 0 Å². The molecule has 0 spiro atoms. The third-order valence-corrected chi connectivity index (χ3v) is 0.694. The van der Waals surface area contributed by atoms with Gasteiger partial charge >= 0.3 is 11.9 Å². The number of rotatable bonds is 3. The van der Waals surface area contributed by atoms with Crippen LogP contribution in [0.3, 0.4) is 0 Å². The van der Waals surface area contributed by atoms with Gasteiger partial charge < -0.3 is 21.8 Å². The number of hydrogen-bond donors (Lipinski definition) is 2. The van der Waals surface area contributed by atoms with E-state index >= 15 is 0 Å². The zero-order valence-corrected chi connectivity index (χ0v) is 12.4. The van der Waals surface area contributed by atoms with Crippen molar-refractivity contribution in [2.45, 2.75) is 13.8 Å². The molecule has 0 atom stereocenters. The Bertz CT molecular complexity index is 134. The summed E-state index contributed by atoms with van der Waals surface area (Å²) in [6.07, 6.45) is 0. The van der Waals surface area contributed by atoms with Crippen LogP contribution in [-0.2, 0) is 87.3 Å². The molecule has 0 aliphatic carbocycles. The van der Waals surface area contributed by atoms with Crippen molar-refractivity contribution >= 4 is 11.9 Å². The Balaban J connectivity index is -0.0000000270. The first-order valence-electron chi connectivity index (χ1n) is 2.89. The monoisotopic (exact) mass is 432 g/mol. The van der Waals surface area contributed by atoms with E-state index in [-0.39, 0.29) is 106 Å². The molecule has 0 saturated heterocycles. The topological polar surface area (TPSA) is 123 Å². The van der Waals surface area contributed by atoms with E-state index in [2.05, 4.69) is 9.47 Å². The van der Waals surface area contributed by atoms with Crippen molar-refractivity contribution in [1.29, 1.82) is 0 Å². The predicted octanol–water partition coefficient (Wildman–Crippen LogP) is 0.427. The van der Waals surface area contributed by atoms with Crippen molar-refractivity contribution in [1.82, 2.24) is 12.3 Å². The van der Waals surface area contributed by atoms with Gasteiger partial charge in [0.05, 0.1) is 0 Å². The molecule has 0 aliphatic heterocycles. The number of hydrogen-bond acceptors (Lipinski definition) is 6. The normalized spacial score (nSPS) is 5.38. The minimum atomic E-state index is -0.368. The molecule has 4 radical (unpaired) electrons. The Morgan fingerprint density at radius 1 is 0.750 bits per heavy atom. The standard InChI is InChI=1S/C6H10O4.4Cu.2H3N/c1-5(7)9-3-4-10-6(2)8;;;;;;/h3-4H2,1-2H3;;;;;2*1H3. The zero-order valence-electron chi connectivity index (χ0n) is 8.67. The molecule has 6 N–H and O–H groups in total. The summed E-state index contributed by atoms with van der Waals surface area (Å²) in [5.41, 5.74) is 0. The summed E-state index contributed by atoms with van der Waals surface area (Å²) < 4.78 is 8.95. The van der Waals surface area contributed by atoms with Crippen LogP contribution in [0.1, 0.15) is 13.8 Å². The SMILES string of the molecule is CC(=O)OCCOC(C)=O.N.N.[Cu].[Cu].[Cu].[Cu]. The van der Waals surface area contributed by atoms with E-state index in [1.54, 1.807) is 0 Å². The van der Waals surface area contributed by atoms with Gasteiger partial charge in [-0.15, -0.1) is 0 Å². The fraction of sp³-hybridized carbons (Fsp3) is 0.667. The van der Waals surface area contributed by atoms with Gasteiger partial charge in [-0.25, -0.2) is 0 Å². The van der Waals surface area contributed by atoms with Crippen molar-refractivity contribution in [2.75, 3.05) is 13.2 Å². The summed E-state index contributed by atoms with van der Waals surface area (Å²) in [6, 6.07) is 0. The Morgan fingerprint density at radius 2 is 0.938 bits per heavy atom. The summed E-state index contributed by atoms with van der Waals surface area (Å²) in [5.74, 6) is -0.737. The molecule has 0 unspecified atom stereocenters. The summed E-state index contributed by atoms with van der Waals surface area (Å²) in [7, 11) is 0. The van der Waals surface area contributed by atoms with Crippen LogP contribution in [0.15, 0.2) is 0 Å². The van der Waals surface area contributed by atoms with E-state index in [4.69, 9.17) is 0 Å². The van der Waals surface area contributed by atoms with Crippen LogP contribution in [0, 0.1) is 0 Å². The van der Waals surface area contributed by atoms with Gasteiger partial charge in [0, 0.05) is 82.1 Å². The van der Waals surface area contributed by atoms with Gasteiger partial charge in [0.1, 0.15) is 13.2 Å². The maximum Gasteiger partial charge on any atom is 0.302 e. The van der Waals surface area contributed by atoms with E-state index in [0.29, 0.717) is 0 Å². The Hall–Kier alpha value is 0.938. The largest absolute Gasteiger partial charge is 0.462 e. The van der Waals surface area contributed by atoms with E-state index in [9.17, 15) is 9.59 Å². The fourth-order valence-electron chi connectivity index (χ4n) is 0.371. The Labute approximate surface area is 138 Å². The summed E-state index contributed by atoms with van der Waals surface area (Å²) in [5, 5.41) is 0. The summed E-state index contributed by atoms with van der Waals surface area (Å²) in [6.45, 7) is 2.87. The maximum absolute atomic E-state index is 10.1. The van der Waals surface area contributed by atoms with E-state index in [1.807, 2.05) is 0 Å². The fourth-order valence-corrected chi connectivity index (χ4v) is 0.371. The van der Waals surface area contributed by atoms with Gasteiger partial charge in [-0.3, -0.25) is 9.59 Å². The van der Waals surface area contributed by atoms with Gasteiger partial charge in [-0.2, -0.15) is 0 Å². The molecule has 0 amide bonds. The molecule has 0 aliphatic rings. The number of carbonyl (C=O) groups is 2. The molecular weight excluding hydrogens is 418 g/mol. The third-order valence-electron chi connectivity index (χ3n) is 0.694. The summed E-state index contributed by atoms with van der Waals surface area (Å²) in [4.78, 5) is 20.3. The second kappa shape index (κ2) is 29.7. The van der Waals surface area contributed by atoms with Gasteiger partial charge in [0.2, 0.25) is 0 Å². The molecule has 118 valence electrons. The Morgan fingerprint density at radius 3 is 1.06 bits per heavy atom. The molecule has 0 rings (SSSR count). The minimum absolute atomic E-state index is 0. The molecule has 0 bridgehead atoms. The van der Waals surface area contributed by atoms with Gasteiger partial charge in [-0.05, 0) is 0 Å². The van der Waals surface area contributed by atoms with Crippen molar-refractivity contribution in [3.05, 3.63) is 0 Å². The quantitative estimate of drug-likeness (QED) is 0.377. The van der Waals surface area contributed by atoms with Crippen molar-refractivity contribution in [3.63, 3.8) is 0 Å². The van der Waals surface area contributed by atoms with Crippen molar-refractivity contribution in [3.8, 4) is 0 Å². The van der Waals surface area contributed by atoms with E-state index in [1.165, 1.54) is 13.8 Å². The first-order chi connectivity index (χ1) is 4.63. The zero-order chi connectivity index (χ0) is 7.98. The van der Waals surface area contributed by atoms with Crippen molar-refractivity contribution < 1.29 is 87.3 Å². The molecule has 0 aromatic heterocycles. The number of ether oxygens (including phenoxy) is 2. The van der Waals surface area contributed by atoms with Gasteiger partial charge in [0.25, 0.3) is 0 Å². The third kappa shape index (κ3) is 46.1. The van der Waals surface area contributed by atoms with E-state index in [0.717, 1.165) is 0 Å². The van der Waals surface area contributed by atoms with Gasteiger partial charge in [0.15, 0.2) is 0 Å². The smallest absolute Gasteiger partial charge is 0.302 e. The average Bonchev–Trinajstić information content (AvgIpc) is 1.79. The van der Waals surface area contributed by atoms with E-state index < -0.39 is 0 Å². The molecular formula is C6H16Cu4N2O4. The molecule has 6 nitrogen and oxygen atoms in total. The molecule has 0 aromatic carbocycles.